The summed E-state index contributed by atoms with van der Waals surface area (Å²) in [6.45, 7) is 4.37. The number of aliphatic hydroxyl groups excluding tert-OH is 1. The molecule has 0 aromatic heterocycles. The van der Waals surface area contributed by atoms with Crippen molar-refractivity contribution in [1.29, 1.82) is 0 Å². The molecule has 0 spiro atoms. The highest BCUT2D eigenvalue weighted by Crippen LogP contribution is 2.29. The van der Waals surface area contributed by atoms with Crippen LogP contribution in [-0.2, 0) is 0 Å². The zero-order valence-corrected chi connectivity index (χ0v) is 11.1. The fourth-order valence-corrected chi connectivity index (χ4v) is 3.84. The molecular formula is C13H26OS. The average Bonchev–Trinajstić information content (AvgIpc) is 2.29. The molecule has 2 heteroatoms. The van der Waals surface area contributed by atoms with Gasteiger partial charge in [-0.05, 0) is 18.8 Å². The first-order valence-electron chi connectivity index (χ1n) is 6.57. The molecule has 1 rings (SSSR count). The van der Waals surface area contributed by atoms with E-state index < -0.39 is 0 Å². The quantitative estimate of drug-likeness (QED) is 0.748. The first-order valence-corrected chi connectivity index (χ1v) is 7.62. The minimum absolute atomic E-state index is 0.0769. The van der Waals surface area contributed by atoms with Crippen molar-refractivity contribution >= 4 is 11.8 Å². The smallest absolute Gasteiger partial charge is 0.0658 e. The molecule has 1 N–H and O–H groups in total. The lowest BCUT2D eigenvalue weighted by molar-refractivity contribution is 0.125. The Morgan fingerprint density at radius 1 is 1.13 bits per heavy atom. The number of hydrogen-bond acceptors (Lipinski definition) is 2. The van der Waals surface area contributed by atoms with E-state index in [0.717, 1.165) is 23.8 Å². The molecule has 1 aliphatic rings. The molecule has 0 heterocycles. The SMILES string of the molecule is CCC(CC)C(O)CSC1CCCCC1. The number of rotatable bonds is 6. The second kappa shape index (κ2) is 7.56. The van der Waals surface area contributed by atoms with Crippen molar-refractivity contribution in [3.63, 3.8) is 0 Å². The van der Waals surface area contributed by atoms with Crippen molar-refractivity contribution in [2.75, 3.05) is 5.75 Å². The highest BCUT2D eigenvalue weighted by molar-refractivity contribution is 7.99. The van der Waals surface area contributed by atoms with E-state index in [2.05, 4.69) is 13.8 Å². The van der Waals surface area contributed by atoms with Crippen molar-refractivity contribution in [3.8, 4) is 0 Å². The van der Waals surface area contributed by atoms with Crippen LogP contribution in [0.5, 0.6) is 0 Å². The zero-order valence-electron chi connectivity index (χ0n) is 10.2. The minimum Gasteiger partial charge on any atom is -0.392 e. The summed E-state index contributed by atoms with van der Waals surface area (Å²) in [7, 11) is 0. The number of hydrogen-bond donors (Lipinski definition) is 1. The van der Waals surface area contributed by atoms with Gasteiger partial charge in [-0.25, -0.2) is 0 Å². The predicted octanol–water partition coefficient (Wildman–Crippen LogP) is 3.85. The van der Waals surface area contributed by atoms with E-state index in [1.807, 2.05) is 11.8 Å². The van der Waals surface area contributed by atoms with Crippen molar-refractivity contribution in [2.45, 2.75) is 70.1 Å². The van der Waals surface area contributed by atoms with Crippen LogP contribution in [0.25, 0.3) is 0 Å². The Morgan fingerprint density at radius 3 is 2.27 bits per heavy atom. The standard InChI is InChI=1S/C13H26OS/c1-3-11(4-2)13(14)10-15-12-8-6-5-7-9-12/h11-14H,3-10H2,1-2H3. The molecule has 0 aromatic carbocycles. The van der Waals surface area contributed by atoms with Crippen LogP contribution in [0, 0.1) is 5.92 Å². The summed E-state index contributed by atoms with van der Waals surface area (Å²) in [5.41, 5.74) is 0. The van der Waals surface area contributed by atoms with E-state index in [-0.39, 0.29) is 6.10 Å². The molecule has 1 nitrogen and oxygen atoms in total. The lowest BCUT2D eigenvalue weighted by atomic mass is 9.98. The maximum absolute atomic E-state index is 10.0. The van der Waals surface area contributed by atoms with E-state index in [1.165, 1.54) is 32.1 Å². The Balaban J connectivity index is 2.16. The first-order chi connectivity index (χ1) is 7.27. The fraction of sp³-hybridized carbons (Fsp3) is 1.00. The molecule has 0 radical (unpaired) electrons. The van der Waals surface area contributed by atoms with Crippen molar-refractivity contribution < 1.29 is 5.11 Å². The lowest BCUT2D eigenvalue weighted by Crippen LogP contribution is -2.23. The van der Waals surface area contributed by atoms with E-state index in [4.69, 9.17) is 0 Å². The summed E-state index contributed by atoms with van der Waals surface area (Å²) >= 11 is 2.01. The van der Waals surface area contributed by atoms with Gasteiger partial charge in [0.1, 0.15) is 0 Å². The van der Waals surface area contributed by atoms with E-state index in [0.29, 0.717) is 5.92 Å². The molecule has 1 fully saturated rings. The Kier molecular flexibility index (Phi) is 6.74. The van der Waals surface area contributed by atoms with Crippen LogP contribution in [0.2, 0.25) is 0 Å². The van der Waals surface area contributed by atoms with Gasteiger partial charge in [0.05, 0.1) is 6.10 Å². The largest absolute Gasteiger partial charge is 0.392 e. The van der Waals surface area contributed by atoms with Crippen LogP contribution < -0.4 is 0 Å². The molecular weight excluding hydrogens is 204 g/mol. The van der Waals surface area contributed by atoms with Crippen LogP contribution in [0.3, 0.4) is 0 Å². The van der Waals surface area contributed by atoms with Crippen LogP contribution in [0.15, 0.2) is 0 Å². The Morgan fingerprint density at radius 2 is 1.73 bits per heavy atom. The lowest BCUT2D eigenvalue weighted by Gasteiger charge is -2.25. The minimum atomic E-state index is -0.0769. The van der Waals surface area contributed by atoms with E-state index in [1.54, 1.807) is 0 Å². The zero-order chi connectivity index (χ0) is 11.1. The maximum Gasteiger partial charge on any atom is 0.0658 e. The third-order valence-corrected chi connectivity index (χ3v) is 5.12. The van der Waals surface area contributed by atoms with Crippen LogP contribution in [0.1, 0.15) is 58.8 Å². The summed E-state index contributed by atoms with van der Waals surface area (Å²) < 4.78 is 0. The predicted molar refractivity (Wildman–Crippen MR) is 69.4 cm³/mol. The second-order valence-corrected chi connectivity index (χ2v) is 6.07. The normalized spacial score (nSPS) is 20.8. The van der Waals surface area contributed by atoms with Crippen LogP contribution >= 0.6 is 11.8 Å². The molecule has 1 aliphatic carbocycles. The van der Waals surface area contributed by atoms with Gasteiger partial charge in [0.2, 0.25) is 0 Å². The highest BCUT2D eigenvalue weighted by Gasteiger charge is 2.19. The van der Waals surface area contributed by atoms with Gasteiger partial charge >= 0.3 is 0 Å². The van der Waals surface area contributed by atoms with Crippen LogP contribution in [0.4, 0.5) is 0 Å². The summed E-state index contributed by atoms with van der Waals surface area (Å²) in [6, 6.07) is 0. The molecule has 0 amide bonds. The second-order valence-electron chi connectivity index (χ2n) is 4.74. The molecule has 1 saturated carbocycles. The molecule has 90 valence electrons. The van der Waals surface area contributed by atoms with Gasteiger partial charge < -0.3 is 5.11 Å². The maximum atomic E-state index is 10.0. The van der Waals surface area contributed by atoms with Gasteiger partial charge in [0.25, 0.3) is 0 Å². The Bertz CT molecular complexity index is 151. The molecule has 1 atom stereocenters. The van der Waals surface area contributed by atoms with Crippen LogP contribution in [-0.4, -0.2) is 22.2 Å². The first kappa shape index (κ1) is 13.4. The van der Waals surface area contributed by atoms with Crippen molar-refractivity contribution in [2.24, 2.45) is 5.92 Å². The topological polar surface area (TPSA) is 20.2 Å². The summed E-state index contributed by atoms with van der Waals surface area (Å²) in [5.74, 6) is 1.47. The molecule has 15 heavy (non-hydrogen) atoms. The third-order valence-electron chi connectivity index (χ3n) is 3.65. The molecule has 1 unspecified atom stereocenters. The fourth-order valence-electron chi connectivity index (χ4n) is 2.44. The number of thioether (sulfide) groups is 1. The molecule has 0 bridgehead atoms. The van der Waals surface area contributed by atoms with E-state index in [9.17, 15) is 5.11 Å². The van der Waals surface area contributed by atoms with Gasteiger partial charge in [-0.1, -0.05) is 46.0 Å². The van der Waals surface area contributed by atoms with Crippen molar-refractivity contribution in [1.82, 2.24) is 0 Å². The summed E-state index contributed by atoms with van der Waals surface area (Å²) in [5, 5.41) is 10.9. The Labute approximate surface area is 99.0 Å². The molecule has 0 aliphatic heterocycles. The van der Waals surface area contributed by atoms with Gasteiger partial charge in [0.15, 0.2) is 0 Å². The number of aliphatic hydroxyl groups is 1. The van der Waals surface area contributed by atoms with Gasteiger partial charge in [0, 0.05) is 11.0 Å². The average molecular weight is 230 g/mol. The van der Waals surface area contributed by atoms with Crippen molar-refractivity contribution in [3.05, 3.63) is 0 Å². The van der Waals surface area contributed by atoms with Gasteiger partial charge in [-0.2, -0.15) is 11.8 Å². The summed E-state index contributed by atoms with van der Waals surface area (Å²) in [4.78, 5) is 0. The van der Waals surface area contributed by atoms with Gasteiger partial charge in [-0.3, -0.25) is 0 Å². The van der Waals surface area contributed by atoms with E-state index >= 15 is 0 Å². The third kappa shape index (κ3) is 4.78. The highest BCUT2D eigenvalue weighted by atomic mass is 32.2. The Hall–Kier alpha value is 0.310. The monoisotopic (exact) mass is 230 g/mol. The molecule has 0 aromatic rings. The summed E-state index contributed by atoms with van der Waals surface area (Å²) in [6.07, 6.45) is 9.13. The molecule has 0 saturated heterocycles. The van der Waals surface area contributed by atoms with Gasteiger partial charge in [-0.15, -0.1) is 0 Å².